The van der Waals surface area contributed by atoms with Crippen LogP contribution in [0.1, 0.15) is 38.2 Å². The van der Waals surface area contributed by atoms with E-state index in [1.165, 1.54) is 36.6 Å². The SMILES string of the molecule is Cc1ccc(-n2c(SCC(=O)N[C@H]3CCCC[C@@H]3C)nnc2-c2ccccc2)cc1. The summed E-state index contributed by atoms with van der Waals surface area (Å²) in [7, 11) is 0. The highest BCUT2D eigenvalue weighted by Gasteiger charge is 2.23. The second-order valence-electron chi connectivity index (χ2n) is 8.07. The summed E-state index contributed by atoms with van der Waals surface area (Å²) in [5.41, 5.74) is 3.19. The summed E-state index contributed by atoms with van der Waals surface area (Å²) in [6, 6.07) is 18.6. The van der Waals surface area contributed by atoms with Crippen LogP contribution in [0.4, 0.5) is 0 Å². The Balaban J connectivity index is 1.55. The summed E-state index contributed by atoms with van der Waals surface area (Å²) < 4.78 is 2.04. The molecule has 6 heteroatoms. The minimum Gasteiger partial charge on any atom is -0.352 e. The fourth-order valence-electron chi connectivity index (χ4n) is 3.97. The number of rotatable bonds is 6. The molecule has 1 amide bonds. The highest BCUT2D eigenvalue weighted by atomic mass is 32.2. The maximum atomic E-state index is 12.6. The van der Waals surface area contributed by atoms with Gasteiger partial charge in [0.1, 0.15) is 0 Å². The van der Waals surface area contributed by atoms with Crippen molar-refractivity contribution in [2.45, 2.75) is 50.7 Å². The van der Waals surface area contributed by atoms with Crippen LogP contribution in [0.2, 0.25) is 0 Å². The molecule has 1 fully saturated rings. The number of hydrogen-bond donors (Lipinski definition) is 1. The van der Waals surface area contributed by atoms with Gasteiger partial charge >= 0.3 is 0 Å². The van der Waals surface area contributed by atoms with Crippen molar-refractivity contribution in [2.75, 3.05) is 5.75 Å². The summed E-state index contributed by atoms with van der Waals surface area (Å²) in [5.74, 6) is 1.73. The molecule has 2 atom stereocenters. The van der Waals surface area contributed by atoms with Gasteiger partial charge in [-0.05, 0) is 37.8 Å². The van der Waals surface area contributed by atoms with Gasteiger partial charge in [0.25, 0.3) is 0 Å². The van der Waals surface area contributed by atoms with Crippen LogP contribution in [0.25, 0.3) is 17.1 Å². The molecule has 2 aromatic carbocycles. The molecule has 5 nitrogen and oxygen atoms in total. The van der Waals surface area contributed by atoms with Crippen molar-refractivity contribution in [3.8, 4) is 17.1 Å². The Hall–Kier alpha value is -2.60. The third-order valence-corrected chi connectivity index (χ3v) is 6.68. The molecule has 0 aliphatic heterocycles. The molecule has 1 aliphatic rings. The van der Waals surface area contributed by atoms with Crippen molar-refractivity contribution in [1.29, 1.82) is 0 Å². The van der Waals surface area contributed by atoms with Gasteiger partial charge < -0.3 is 5.32 Å². The Bertz CT molecular complexity index is 984. The topological polar surface area (TPSA) is 59.8 Å². The first-order valence-electron chi connectivity index (χ1n) is 10.6. The van der Waals surface area contributed by atoms with Gasteiger partial charge in [-0.2, -0.15) is 0 Å². The molecule has 1 saturated carbocycles. The van der Waals surface area contributed by atoms with E-state index in [2.05, 4.69) is 53.6 Å². The number of hydrogen-bond acceptors (Lipinski definition) is 4. The summed E-state index contributed by atoms with van der Waals surface area (Å²) in [5, 5.41) is 12.8. The van der Waals surface area contributed by atoms with Gasteiger partial charge in [-0.3, -0.25) is 9.36 Å². The van der Waals surface area contributed by atoms with Gasteiger partial charge in [0, 0.05) is 17.3 Å². The van der Waals surface area contributed by atoms with E-state index < -0.39 is 0 Å². The highest BCUT2D eigenvalue weighted by molar-refractivity contribution is 7.99. The first kappa shape index (κ1) is 20.7. The standard InChI is InChI=1S/C24H28N4OS/c1-17-12-14-20(15-13-17)28-23(19-9-4-3-5-10-19)26-27-24(28)30-16-22(29)25-21-11-7-6-8-18(21)2/h3-5,9-10,12-15,18,21H,6-8,11,16H2,1-2H3,(H,25,29)/t18-,21-/m0/s1. The normalized spacial score (nSPS) is 18.9. The van der Waals surface area contributed by atoms with Crippen LogP contribution in [0.3, 0.4) is 0 Å². The molecule has 156 valence electrons. The molecule has 3 aromatic rings. The fraction of sp³-hybridized carbons (Fsp3) is 0.375. The van der Waals surface area contributed by atoms with E-state index in [-0.39, 0.29) is 5.91 Å². The van der Waals surface area contributed by atoms with E-state index in [9.17, 15) is 4.79 Å². The molecule has 4 rings (SSSR count). The maximum Gasteiger partial charge on any atom is 0.230 e. The second kappa shape index (κ2) is 9.47. The monoisotopic (exact) mass is 420 g/mol. The smallest absolute Gasteiger partial charge is 0.230 e. The number of amides is 1. The average Bonchev–Trinajstić information content (AvgIpc) is 3.19. The predicted octanol–water partition coefficient (Wildman–Crippen LogP) is 5.03. The number of carbonyl (C=O) groups excluding carboxylic acids is 1. The Labute approximate surface area is 182 Å². The third kappa shape index (κ3) is 4.75. The van der Waals surface area contributed by atoms with Crippen molar-refractivity contribution < 1.29 is 4.79 Å². The number of carbonyl (C=O) groups is 1. The lowest BCUT2D eigenvalue weighted by atomic mass is 9.86. The molecule has 30 heavy (non-hydrogen) atoms. The summed E-state index contributed by atoms with van der Waals surface area (Å²) in [6.45, 7) is 4.30. The molecule has 1 N–H and O–H groups in total. The zero-order valence-electron chi connectivity index (χ0n) is 17.5. The molecule has 0 saturated heterocycles. The lowest BCUT2D eigenvalue weighted by Gasteiger charge is -2.29. The molecule has 1 aromatic heterocycles. The van der Waals surface area contributed by atoms with Gasteiger partial charge in [-0.25, -0.2) is 0 Å². The van der Waals surface area contributed by atoms with Crippen LogP contribution in [-0.4, -0.2) is 32.5 Å². The predicted molar refractivity (Wildman–Crippen MR) is 122 cm³/mol. The first-order chi connectivity index (χ1) is 14.6. The Morgan fingerprint density at radius 1 is 1.07 bits per heavy atom. The van der Waals surface area contributed by atoms with Crippen LogP contribution in [0, 0.1) is 12.8 Å². The number of aryl methyl sites for hydroxylation is 1. The van der Waals surface area contributed by atoms with E-state index in [4.69, 9.17) is 0 Å². The zero-order chi connectivity index (χ0) is 20.9. The number of nitrogens with zero attached hydrogens (tertiary/aromatic N) is 3. The van der Waals surface area contributed by atoms with E-state index in [1.807, 2.05) is 34.9 Å². The van der Waals surface area contributed by atoms with Gasteiger partial charge in [0.15, 0.2) is 11.0 Å². The lowest BCUT2D eigenvalue weighted by Crippen LogP contribution is -2.41. The van der Waals surface area contributed by atoms with Crippen LogP contribution in [0.5, 0.6) is 0 Å². The summed E-state index contributed by atoms with van der Waals surface area (Å²) >= 11 is 1.44. The molecule has 1 aliphatic carbocycles. The van der Waals surface area contributed by atoms with E-state index in [1.54, 1.807) is 0 Å². The largest absolute Gasteiger partial charge is 0.352 e. The van der Waals surface area contributed by atoms with Gasteiger partial charge in [0.2, 0.25) is 5.91 Å². The molecule has 0 spiro atoms. The number of benzene rings is 2. The summed E-state index contributed by atoms with van der Waals surface area (Å²) in [4.78, 5) is 12.6. The van der Waals surface area contributed by atoms with Gasteiger partial charge in [-0.1, -0.05) is 79.6 Å². The molecule has 1 heterocycles. The van der Waals surface area contributed by atoms with E-state index >= 15 is 0 Å². The Kier molecular flexibility index (Phi) is 6.53. The van der Waals surface area contributed by atoms with Crippen LogP contribution in [0.15, 0.2) is 59.8 Å². The van der Waals surface area contributed by atoms with Crippen LogP contribution < -0.4 is 5.32 Å². The van der Waals surface area contributed by atoms with E-state index in [0.717, 1.165) is 28.7 Å². The zero-order valence-corrected chi connectivity index (χ0v) is 18.4. The van der Waals surface area contributed by atoms with E-state index in [0.29, 0.717) is 17.7 Å². The Morgan fingerprint density at radius 3 is 2.53 bits per heavy atom. The first-order valence-corrected chi connectivity index (χ1v) is 11.6. The molecule has 0 unspecified atom stereocenters. The maximum absolute atomic E-state index is 12.6. The van der Waals surface area contributed by atoms with Gasteiger partial charge in [-0.15, -0.1) is 10.2 Å². The minimum absolute atomic E-state index is 0.0680. The highest BCUT2D eigenvalue weighted by Crippen LogP contribution is 2.28. The van der Waals surface area contributed by atoms with Crippen molar-refractivity contribution in [3.63, 3.8) is 0 Å². The van der Waals surface area contributed by atoms with Crippen molar-refractivity contribution >= 4 is 17.7 Å². The van der Waals surface area contributed by atoms with Crippen molar-refractivity contribution in [2.24, 2.45) is 5.92 Å². The quantitative estimate of drug-likeness (QED) is 0.568. The third-order valence-electron chi connectivity index (χ3n) is 5.75. The Morgan fingerprint density at radius 2 is 1.80 bits per heavy atom. The number of thioether (sulfide) groups is 1. The van der Waals surface area contributed by atoms with Crippen molar-refractivity contribution in [3.05, 3.63) is 60.2 Å². The number of aromatic nitrogens is 3. The lowest BCUT2D eigenvalue weighted by molar-refractivity contribution is -0.119. The molecule has 0 radical (unpaired) electrons. The fourth-order valence-corrected chi connectivity index (χ4v) is 4.74. The summed E-state index contributed by atoms with van der Waals surface area (Å²) in [6.07, 6.45) is 4.74. The van der Waals surface area contributed by atoms with Crippen molar-refractivity contribution in [1.82, 2.24) is 20.1 Å². The average molecular weight is 421 g/mol. The molecular formula is C24H28N4OS. The molecular weight excluding hydrogens is 392 g/mol. The van der Waals surface area contributed by atoms with Gasteiger partial charge in [0.05, 0.1) is 5.75 Å². The molecule has 0 bridgehead atoms. The van der Waals surface area contributed by atoms with Crippen LogP contribution in [-0.2, 0) is 4.79 Å². The minimum atomic E-state index is 0.0680. The van der Waals surface area contributed by atoms with Crippen LogP contribution >= 0.6 is 11.8 Å². The second-order valence-corrected chi connectivity index (χ2v) is 9.01. The number of nitrogens with one attached hydrogen (secondary N) is 1.